The molecule has 1 aromatic heterocycles. The zero-order valence-electron chi connectivity index (χ0n) is 15.0. The van der Waals surface area contributed by atoms with Gasteiger partial charge in [0.1, 0.15) is 5.15 Å². The van der Waals surface area contributed by atoms with E-state index in [4.69, 9.17) is 16.3 Å². The number of methoxy groups -OCH3 is 1. The van der Waals surface area contributed by atoms with Crippen molar-refractivity contribution in [2.45, 2.75) is 6.92 Å². The Balaban J connectivity index is 1.93. The molecule has 0 aliphatic heterocycles. The van der Waals surface area contributed by atoms with Crippen molar-refractivity contribution >= 4 is 41.2 Å². The van der Waals surface area contributed by atoms with E-state index in [-0.39, 0.29) is 11.3 Å². The lowest BCUT2D eigenvalue weighted by atomic mass is 10.2. The quantitative estimate of drug-likeness (QED) is 0.599. The Morgan fingerprint density at radius 1 is 1.30 bits per heavy atom. The summed E-state index contributed by atoms with van der Waals surface area (Å²) in [5.41, 5.74) is 1.70. The summed E-state index contributed by atoms with van der Waals surface area (Å²) in [5, 5.41) is 7.00. The van der Waals surface area contributed by atoms with Crippen molar-refractivity contribution < 1.29 is 23.9 Å². The Morgan fingerprint density at radius 2 is 2.00 bits per heavy atom. The van der Waals surface area contributed by atoms with Gasteiger partial charge < -0.3 is 14.8 Å². The van der Waals surface area contributed by atoms with Crippen molar-refractivity contribution in [3.8, 4) is 0 Å². The number of hydrogen-bond acceptors (Lipinski definition) is 6. The van der Waals surface area contributed by atoms with E-state index in [0.29, 0.717) is 16.4 Å². The summed E-state index contributed by atoms with van der Waals surface area (Å²) in [6, 6.07) is 6.34. The number of ether oxygens (including phenoxy) is 2. The van der Waals surface area contributed by atoms with Crippen LogP contribution in [0.15, 0.2) is 30.3 Å². The molecule has 27 heavy (non-hydrogen) atoms. The number of para-hydroxylation sites is 1. The van der Waals surface area contributed by atoms with Gasteiger partial charge in [-0.15, -0.1) is 0 Å². The maximum atomic E-state index is 12.0. The molecule has 0 unspecified atom stereocenters. The van der Waals surface area contributed by atoms with Crippen LogP contribution < -0.4 is 5.32 Å². The van der Waals surface area contributed by atoms with Crippen molar-refractivity contribution in [1.29, 1.82) is 0 Å². The molecule has 8 nitrogen and oxygen atoms in total. The molecule has 0 aliphatic rings. The Bertz CT molecular complexity index is 904. The van der Waals surface area contributed by atoms with Crippen LogP contribution in [-0.2, 0) is 26.1 Å². The molecule has 1 N–H and O–H groups in total. The number of hydrogen-bond donors (Lipinski definition) is 1. The number of anilines is 1. The molecule has 0 spiro atoms. The fourth-order valence-corrected chi connectivity index (χ4v) is 2.48. The second-order valence-corrected chi connectivity index (χ2v) is 5.80. The van der Waals surface area contributed by atoms with E-state index in [1.165, 1.54) is 23.9 Å². The Kier molecular flexibility index (Phi) is 6.73. The number of amides is 1. The van der Waals surface area contributed by atoms with Gasteiger partial charge in [0.2, 0.25) is 0 Å². The van der Waals surface area contributed by atoms with Gasteiger partial charge in [-0.2, -0.15) is 5.10 Å². The Labute approximate surface area is 160 Å². The van der Waals surface area contributed by atoms with Crippen LogP contribution >= 0.6 is 11.6 Å². The highest BCUT2D eigenvalue weighted by Crippen LogP contribution is 2.20. The number of nitrogens with one attached hydrogen (secondary N) is 1. The molecule has 1 aromatic carbocycles. The third kappa shape index (κ3) is 5.18. The van der Waals surface area contributed by atoms with Gasteiger partial charge in [-0.1, -0.05) is 23.7 Å². The number of rotatable bonds is 6. The first kappa shape index (κ1) is 20.2. The first-order valence-corrected chi connectivity index (χ1v) is 8.22. The van der Waals surface area contributed by atoms with Crippen molar-refractivity contribution in [3.63, 3.8) is 0 Å². The lowest BCUT2D eigenvalue weighted by Gasteiger charge is -2.09. The second kappa shape index (κ2) is 9.00. The molecule has 9 heteroatoms. The summed E-state index contributed by atoms with van der Waals surface area (Å²) >= 11 is 6.06. The van der Waals surface area contributed by atoms with Crippen LogP contribution in [0.25, 0.3) is 6.08 Å². The highest BCUT2D eigenvalue weighted by atomic mass is 35.5. The predicted octanol–water partition coefficient (Wildman–Crippen LogP) is 2.36. The number of halogens is 1. The minimum atomic E-state index is -0.717. The average molecular weight is 392 g/mol. The number of benzene rings is 1. The van der Waals surface area contributed by atoms with Gasteiger partial charge in [0.25, 0.3) is 5.91 Å². The fourth-order valence-electron chi connectivity index (χ4n) is 2.24. The number of aromatic nitrogens is 2. The molecular weight excluding hydrogens is 374 g/mol. The number of carbonyl (C=O) groups excluding carboxylic acids is 3. The van der Waals surface area contributed by atoms with E-state index in [1.54, 1.807) is 32.2 Å². The lowest BCUT2D eigenvalue weighted by Crippen LogP contribution is -2.21. The van der Waals surface area contributed by atoms with Crippen molar-refractivity contribution in [1.82, 2.24) is 9.78 Å². The summed E-state index contributed by atoms with van der Waals surface area (Å²) in [4.78, 5) is 35.4. The normalized spacial score (nSPS) is 10.7. The summed E-state index contributed by atoms with van der Waals surface area (Å²) in [5.74, 6) is -1.90. The minimum Gasteiger partial charge on any atom is -0.465 e. The van der Waals surface area contributed by atoms with Crippen molar-refractivity contribution in [2.75, 3.05) is 19.0 Å². The second-order valence-electron chi connectivity index (χ2n) is 5.44. The zero-order chi connectivity index (χ0) is 20.0. The van der Waals surface area contributed by atoms with E-state index < -0.39 is 24.5 Å². The van der Waals surface area contributed by atoms with Gasteiger partial charge in [-0.25, -0.2) is 9.59 Å². The lowest BCUT2D eigenvalue weighted by molar-refractivity contribution is -0.142. The van der Waals surface area contributed by atoms with E-state index in [9.17, 15) is 14.4 Å². The highest BCUT2D eigenvalue weighted by Gasteiger charge is 2.14. The molecule has 2 rings (SSSR count). The maximum Gasteiger partial charge on any atom is 0.339 e. The standard InChI is InChI=1S/C18H18ClN3O5/c1-11-12(17(19)22(2)21-11)8-9-16(24)27-10-15(23)20-14-7-5-4-6-13(14)18(25)26-3/h4-9H,10H2,1-3H3,(H,20,23)/b9-8+. The third-order valence-corrected chi connectivity index (χ3v) is 3.98. The molecule has 0 radical (unpaired) electrons. The number of carbonyl (C=O) groups is 3. The largest absolute Gasteiger partial charge is 0.465 e. The van der Waals surface area contributed by atoms with Gasteiger partial charge >= 0.3 is 11.9 Å². The van der Waals surface area contributed by atoms with E-state index in [1.807, 2.05) is 0 Å². The zero-order valence-corrected chi connectivity index (χ0v) is 15.7. The summed E-state index contributed by atoms with van der Waals surface area (Å²) in [7, 11) is 2.92. The van der Waals surface area contributed by atoms with Gasteiger partial charge in [0.15, 0.2) is 6.61 Å². The number of nitrogens with zero attached hydrogens (tertiary/aromatic N) is 2. The van der Waals surface area contributed by atoms with Crippen LogP contribution in [0, 0.1) is 6.92 Å². The topological polar surface area (TPSA) is 99.5 Å². The number of esters is 2. The molecule has 2 aromatic rings. The highest BCUT2D eigenvalue weighted by molar-refractivity contribution is 6.31. The Morgan fingerprint density at radius 3 is 2.63 bits per heavy atom. The summed E-state index contributed by atoms with van der Waals surface area (Å²) < 4.78 is 11.0. The van der Waals surface area contributed by atoms with Crippen LogP contribution in [0.5, 0.6) is 0 Å². The SMILES string of the molecule is COC(=O)c1ccccc1NC(=O)COC(=O)/C=C/c1c(C)nn(C)c1Cl. The van der Waals surface area contributed by atoms with Crippen LogP contribution in [0.1, 0.15) is 21.6 Å². The molecule has 1 amide bonds. The average Bonchev–Trinajstić information content (AvgIpc) is 2.89. The van der Waals surface area contributed by atoms with Crippen LogP contribution in [0.2, 0.25) is 5.15 Å². The first-order valence-electron chi connectivity index (χ1n) is 7.84. The number of aryl methyl sites for hydroxylation is 2. The summed E-state index contributed by atoms with van der Waals surface area (Å²) in [6.07, 6.45) is 2.63. The fraction of sp³-hybridized carbons (Fsp3) is 0.222. The van der Waals surface area contributed by atoms with Crippen molar-refractivity contribution in [2.24, 2.45) is 7.05 Å². The molecule has 0 saturated carbocycles. The van der Waals surface area contributed by atoms with Gasteiger partial charge in [0, 0.05) is 18.7 Å². The molecule has 0 aliphatic carbocycles. The first-order chi connectivity index (χ1) is 12.8. The molecule has 1 heterocycles. The predicted molar refractivity (Wildman–Crippen MR) is 99.4 cm³/mol. The van der Waals surface area contributed by atoms with Crippen LogP contribution in [-0.4, -0.2) is 41.3 Å². The third-order valence-electron chi connectivity index (χ3n) is 3.53. The van der Waals surface area contributed by atoms with Crippen LogP contribution in [0.3, 0.4) is 0 Å². The van der Waals surface area contributed by atoms with Crippen molar-refractivity contribution in [3.05, 3.63) is 52.3 Å². The molecule has 0 saturated heterocycles. The van der Waals surface area contributed by atoms with Gasteiger partial charge in [-0.3, -0.25) is 9.48 Å². The van der Waals surface area contributed by atoms with Gasteiger partial charge in [-0.05, 0) is 25.1 Å². The summed E-state index contributed by atoms with van der Waals surface area (Å²) in [6.45, 7) is 1.24. The van der Waals surface area contributed by atoms with E-state index in [0.717, 1.165) is 6.08 Å². The Hall–Kier alpha value is -3.13. The minimum absolute atomic E-state index is 0.196. The molecule has 142 valence electrons. The van der Waals surface area contributed by atoms with E-state index >= 15 is 0 Å². The monoisotopic (exact) mass is 391 g/mol. The molecule has 0 bridgehead atoms. The smallest absolute Gasteiger partial charge is 0.339 e. The van der Waals surface area contributed by atoms with Gasteiger partial charge in [0.05, 0.1) is 24.1 Å². The maximum absolute atomic E-state index is 12.0. The molecular formula is C18H18ClN3O5. The molecule has 0 fully saturated rings. The van der Waals surface area contributed by atoms with E-state index in [2.05, 4.69) is 15.2 Å². The molecule has 0 atom stereocenters. The van der Waals surface area contributed by atoms with Crippen LogP contribution in [0.4, 0.5) is 5.69 Å².